The van der Waals surface area contributed by atoms with Crippen molar-refractivity contribution in [2.45, 2.75) is 11.5 Å². The van der Waals surface area contributed by atoms with Gasteiger partial charge in [-0.1, -0.05) is 0 Å². The number of sulfonamides is 1. The first kappa shape index (κ1) is 13.2. The summed E-state index contributed by atoms with van der Waals surface area (Å²) in [7, 11) is -3.99. The number of aromatic nitrogens is 1. The molecule has 2 N–H and O–H groups in total. The van der Waals surface area contributed by atoms with Gasteiger partial charge in [0.25, 0.3) is 16.4 Å². The highest BCUT2D eigenvalue weighted by atomic mass is 127. The molecule has 0 unspecified atom stereocenters. The van der Waals surface area contributed by atoms with Crippen LogP contribution in [0.2, 0.25) is 0 Å². The van der Waals surface area contributed by atoms with E-state index in [0.29, 0.717) is 0 Å². The van der Waals surface area contributed by atoms with E-state index in [1.54, 1.807) is 22.6 Å². The molecule has 0 amide bonds. The molecular formula is C6H4BrF2IN2O2S. The minimum absolute atomic E-state index is 0.0635. The second kappa shape index (κ2) is 4.55. The largest absolute Gasteiger partial charge is 0.266 e. The van der Waals surface area contributed by atoms with Crippen molar-refractivity contribution in [2.75, 3.05) is 0 Å². The highest BCUT2D eigenvalue weighted by Gasteiger charge is 2.21. The average Bonchev–Trinajstić information content (AvgIpc) is 2.06. The Kier molecular flexibility index (Phi) is 4.01. The first-order valence-electron chi connectivity index (χ1n) is 3.40. The third kappa shape index (κ3) is 3.04. The summed E-state index contributed by atoms with van der Waals surface area (Å²) >= 11 is 4.35. The molecule has 0 radical (unpaired) electrons. The number of primary sulfonamides is 1. The Morgan fingerprint density at radius 2 is 2.07 bits per heavy atom. The summed E-state index contributed by atoms with van der Waals surface area (Å²) in [5.74, 6) is 0. The fraction of sp³-hybridized carbons (Fsp3) is 0.167. The minimum atomic E-state index is -3.99. The van der Waals surface area contributed by atoms with E-state index in [4.69, 9.17) is 5.14 Å². The molecule has 0 atom stereocenters. The Morgan fingerprint density at radius 1 is 1.53 bits per heavy atom. The molecule has 84 valence electrons. The van der Waals surface area contributed by atoms with E-state index in [1.807, 2.05) is 0 Å². The van der Waals surface area contributed by atoms with E-state index < -0.39 is 21.5 Å². The van der Waals surface area contributed by atoms with Crippen LogP contribution in [0.15, 0.2) is 15.7 Å². The van der Waals surface area contributed by atoms with Crippen LogP contribution in [0.4, 0.5) is 8.78 Å². The first-order valence-corrected chi connectivity index (χ1v) is 6.82. The maximum atomic E-state index is 12.4. The molecular weight excluding hydrogens is 409 g/mol. The predicted molar refractivity (Wildman–Crippen MR) is 61.0 cm³/mol. The number of alkyl halides is 2. The van der Waals surface area contributed by atoms with Gasteiger partial charge in [-0.3, -0.25) is 0 Å². The van der Waals surface area contributed by atoms with Crippen molar-refractivity contribution in [1.82, 2.24) is 4.98 Å². The Morgan fingerprint density at radius 3 is 2.47 bits per heavy atom. The van der Waals surface area contributed by atoms with E-state index in [9.17, 15) is 17.2 Å². The van der Waals surface area contributed by atoms with Crippen molar-refractivity contribution in [3.05, 3.63) is 19.8 Å². The molecule has 0 aliphatic heterocycles. The molecule has 0 aliphatic carbocycles. The lowest BCUT2D eigenvalue weighted by Gasteiger charge is -2.06. The summed E-state index contributed by atoms with van der Waals surface area (Å²) in [6, 6.07) is 1.03. The van der Waals surface area contributed by atoms with E-state index in [-0.39, 0.29) is 13.7 Å². The number of rotatable bonds is 2. The average molecular weight is 413 g/mol. The molecule has 0 aromatic carbocycles. The van der Waals surface area contributed by atoms with Gasteiger partial charge in [0.05, 0.1) is 9.13 Å². The van der Waals surface area contributed by atoms with E-state index >= 15 is 0 Å². The maximum Gasteiger partial charge on any atom is 0.266 e. The third-order valence-electron chi connectivity index (χ3n) is 1.43. The van der Waals surface area contributed by atoms with Crippen LogP contribution in [0.25, 0.3) is 0 Å². The van der Waals surface area contributed by atoms with Gasteiger partial charge in [-0.2, -0.15) is 0 Å². The molecule has 1 aromatic rings. The summed E-state index contributed by atoms with van der Waals surface area (Å²) in [4.78, 5) is 3.48. The second-order valence-corrected chi connectivity index (χ2v) is 5.89. The van der Waals surface area contributed by atoms with E-state index in [2.05, 4.69) is 20.9 Å². The number of nitrogens with zero attached hydrogens (tertiary/aromatic N) is 1. The molecule has 0 saturated heterocycles. The van der Waals surface area contributed by atoms with Crippen LogP contribution >= 0.6 is 38.5 Å². The van der Waals surface area contributed by atoms with Gasteiger partial charge >= 0.3 is 0 Å². The molecule has 0 aliphatic rings. The van der Waals surface area contributed by atoms with Crippen LogP contribution in [-0.4, -0.2) is 13.4 Å². The Hall–Kier alpha value is 0.130. The topological polar surface area (TPSA) is 73.1 Å². The molecule has 0 spiro atoms. The number of hydrogen-bond donors (Lipinski definition) is 1. The van der Waals surface area contributed by atoms with Crippen molar-refractivity contribution in [2.24, 2.45) is 5.14 Å². The van der Waals surface area contributed by atoms with Crippen molar-refractivity contribution in [3.63, 3.8) is 0 Å². The van der Waals surface area contributed by atoms with Crippen LogP contribution in [0.1, 0.15) is 12.0 Å². The third-order valence-corrected chi connectivity index (χ3v) is 4.10. The van der Waals surface area contributed by atoms with Gasteiger partial charge in [-0.05, 0) is 44.6 Å². The fourth-order valence-corrected chi connectivity index (χ4v) is 3.33. The van der Waals surface area contributed by atoms with E-state index in [1.165, 1.54) is 0 Å². The van der Waals surface area contributed by atoms with Crippen LogP contribution in [0.5, 0.6) is 0 Å². The molecule has 1 heterocycles. The van der Waals surface area contributed by atoms with E-state index in [0.717, 1.165) is 6.07 Å². The van der Waals surface area contributed by atoms with Gasteiger partial charge in [0.1, 0.15) is 4.60 Å². The maximum absolute atomic E-state index is 12.4. The highest BCUT2D eigenvalue weighted by molar-refractivity contribution is 14.1. The molecule has 9 heteroatoms. The van der Waals surface area contributed by atoms with Gasteiger partial charge in [0, 0.05) is 0 Å². The zero-order valence-electron chi connectivity index (χ0n) is 6.92. The first-order chi connectivity index (χ1) is 6.73. The van der Waals surface area contributed by atoms with Crippen molar-refractivity contribution in [3.8, 4) is 0 Å². The zero-order chi connectivity index (χ0) is 11.8. The molecule has 0 bridgehead atoms. The zero-order valence-corrected chi connectivity index (χ0v) is 11.5. The van der Waals surface area contributed by atoms with Crippen LogP contribution in [0, 0.1) is 3.57 Å². The number of pyridine rings is 1. The molecule has 15 heavy (non-hydrogen) atoms. The summed E-state index contributed by atoms with van der Waals surface area (Å²) in [5, 5.41) is 4.43. The van der Waals surface area contributed by atoms with Gasteiger partial charge in [-0.15, -0.1) is 0 Å². The fourth-order valence-electron chi connectivity index (χ4n) is 0.817. The molecule has 1 aromatic heterocycles. The molecule has 4 nitrogen and oxygen atoms in total. The minimum Gasteiger partial charge on any atom is -0.226 e. The summed E-state index contributed by atoms with van der Waals surface area (Å²) in [6.45, 7) is 0. The number of halogens is 4. The van der Waals surface area contributed by atoms with Gasteiger partial charge in [-0.25, -0.2) is 27.3 Å². The van der Waals surface area contributed by atoms with Crippen LogP contribution < -0.4 is 5.14 Å². The van der Waals surface area contributed by atoms with Crippen LogP contribution in [-0.2, 0) is 10.0 Å². The van der Waals surface area contributed by atoms with Crippen molar-refractivity contribution in [1.29, 1.82) is 0 Å². The highest BCUT2D eigenvalue weighted by Crippen LogP contribution is 2.29. The summed E-state index contributed by atoms with van der Waals surface area (Å²) in [6.07, 6.45) is -2.73. The standard InChI is InChI=1S/C6H4BrF2IN2O2S/c7-4-2(5(8)9)1-3(10)6(12-4)15(11,13)14/h1,5H,(H2,11,13,14). The quantitative estimate of drug-likeness (QED) is 0.596. The second-order valence-electron chi connectivity index (χ2n) is 2.50. The predicted octanol–water partition coefficient (Wildman–Crippen LogP) is 2.03. The molecule has 0 saturated carbocycles. The monoisotopic (exact) mass is 412 g/mol. The Labute approximate surface area is 107 Å². The Bertz CT molecular complexity index is 494. The summed E-state index contributed by atoms with van der Waals surface area (Å²) in [5.41, 5.74) is -0.369. The van der Waals surface area contributed by atoms with Gasteiger partial charge < -0.3 is 0 Å². The SMILES string of the molecule is NS(=O)(=O)c1nc(Br)c(C(F)F)cc1I. The summed E-state index contributed by atoms with van der Waals surface area (Å²) < 4.78 is 46.6. The molecule has 1 rings (SSSR count). The van der Waals surface area contributed by atoms with Crippen LogP contribution in [0.3, 0.4) is 0 Å². The van der Waals surface area contributed by atoms with Crippen molar-refractivity contribution >= 4 is 48.5 Å². The molecule has 0 fully saturated rings. The lowest BCUT2D eigenvalue weighted by atomic mass is 10.3. The van der Waals surface area contributed by atoms with Gasteiger partial charge in [0.15, 0.2) is 5.03 Å². The lowest BCUT2D eigenvalue weighted by molar-refractivity contribution is 0.149. The Balaban J connectivity index is 3.46. The van der Waals surface area contributed by atoms with Gasteiger partial charge in [0.2, 0.25) is 0 Å². The number of hydrogen-bond acceptors (Lipinski definition) is 3. The van der Waals surface area contributed by atoms with Crippen molar-refractivity contribution < 1.29 is 17.2 Å². The normalized spacial score (nSPS) is 12.1. The lowest BCUT2D eigenvalue weighted by Crippen LogP contribution is -2.16. The number of nitrogens with two attached hydrogens (primary N) is 1. The smallest absolute Gasteiger partial charge is 0.226 e.